The second-order valence-electron chi connectivity index (χ2n) is 3.86. The van der Waals surface area contributed by atoms with Crippen molar-refractivity contribution in [3.05, 3.63) is 33.8 Å². The van der Waals surface area contributed by atoms with Crippen molar-refractivity contribution in [3.8, 4) is 0 Å². The maximum atomic E-state index is 9.75. The minimum atomic E-state index is -0.779. The van der Waals surface area contributed by atoms with Gasteiger partial charge in [0.05, 0.1) is 12.2 Å². The molecule has 0 bridgehead atoms. The van der Waals surface area contributed by atoms with Crippen molar-refractivity contribution in [1.82, 2.24) is 0 Å². The summed E-state index contributed by atoms with van der Waals surface area (Å²) < 4.78 is 0. The fourth-order valence-corrected chi connectivity index (χ4v) is 2.02. The third-order valence-corrected chi connectivity index (χ3v) is 3.06. The van der Waals surface area contributed by atoms with Crippen molar-refractivity contribution in [2.75, 3.05) is 0 Å². The smallest absolute Gasteiger partial charge is 0.0839 e. The maximum absolute atomic E-state index is 9.75. The van der Waals surface area contributed by atoms with Crippen LogP contribution in [-0.4, -0.2) is 22.4 Å². The lowest BCUT2D eigenvalue weighted by molar-refractivity contribution is 0.0148. The molecule has 0 heterocycles. The van der Waals surface area contributed by atoms with E-state index in [4.69, 9.17) is 23.2 Å². The van der Waals surface area contributed by atoms with Crippen molar-refractivity contribution in [2.24, 2.45) is 0 Å². The number of halogens is 2. The zero-order valence-corrected chi connectivity index (χ0v) is 10.7. The van der Waals surface area contributed by atoms with Gasteiger partial charge in [-0.3, -0.25) is 0 Å². The molecule has 2 atom stereocenters. The summed E-state index contributed by atoms with van der Waals surface area (Å²) >= 11 is 11.7. The first-order valence-electron chi connectivity index (χ1n) is 5.34. The van der Waals surface area contributed by atoms with Crippen LogP contribution < -0.4 is 0 Å². The maximum Gasteiger partial charge on any atom is 0.0839 e. The first-order chi connectivity index (χ1) is 7.54. The number of hydrogen-bond donors (Lipinski definition) is 2. The summed E-state index contributed by atoms with van der Waals surface area (Å²) in [4.78, 5) is 0. The van der Waals surface area contributed by atoms with Crippen LogP contribution in [0.4, 0.5) is 0 Å². The molecule has 16 heavy (non-hydrogen) atoms. The van der Waals surface area contributed by atoms with E-state index in [1.54, 1.807) is 18.2 Å². The summed E-state index contributed by atoms with van der Waals surface area (Å²) in [5, 5.41) is 20.5. The van der Waals surface area contributed by atoms with Gasteiger partial charge in [-0.2, -0.15) is 0 Å². The van der Waals surface area contributed by atoms with Gasteiger partial charge in [0.15, 0.2) is 0 Å². The number of rotatable bonds is 5. The zero-order valence-electron chi connectivity index (χ0n) is 9.16. The van der Waals surface area contributed by atoms with Crippen molar-refractivity contribution < 1.29 is 10.2 Å². The van der Waals surface area contributed by atoms with E-state index in [9.17, 15) is 10.2 Å². The molecule has 0 fully saturated rings. The molecule has 1 aromatic carbocycles. The average Bonchev–Trinajstić information content (AvgIpc) is 2.22. The van der Waals surface area contributed by atoms with E-state index in [0.29, 0.717) is 22.9 Å². The van der Waals surface area contributed by atoms with Crippen LogP contribution in [0.5, 0.6) is 0 Å². The Balaban J connectivity index is 2.65. The fourth-order valence-electron chi connectivity index (χ4n) is 1.54. The molecule has 2 nitrogen and oxygen atoms in total. The third-order valence-electron chi connectivity index (χ3n) is 2.47. The summed E-state index contributed by atoms with van der Waals surface area (Å²) in [6.45, 7) is 1.96. The Morgan fingerprint density at radius 1 is 1.19 bits per heavy atom. The molecule has 1 aromatic rings. The van der Waals surface area contributed by atoms with Crippen LogP contribution >= 0.6 is 23.2 Å². The van der Waals surface area contributed by atoms with Crippen LogP contribution in [0.2, 0.25) is 10.0 Å². The van der Waals surface area contributed by atoms with E-state index < -0.39 is 12.2 Å². The highest BCUT2D eigenvalue weighted by Crippen LogP contribution is 2.23. The van der Waals surface area contributed by atoms with Gasteiger partial charge in [-0.1, -0.05) is 42.6 Å². The Kier molecular flexibility index (Phi) is 5.56. The zero-order chi connectivity index (χ0) is 12.1. The summed E-state index contributed by atoms with van der Waals surface area (Å²) in [7, 11) is 0. The number of aliphatic hydroxyl groups is 2. The molecule has 0 amide bonds. The summed E-state index contributed by atoms with van der Waals surface area (Å²) in [5.74, 6) is 0. The van der Waals surface area contributed by atoms with Gasteiger partial charge < -0.3 is 10.2 Å². The van der Waals surface area contributed by atoms with E-state index in [2.05, 4.69) is 0 Å². The Labute approximate surface area is 106 Å². The second kappa shape index (κ2) is 6.45. The Morgan fingerprint density at radius 2 is 1.88 bits per heavy atom. The van der Waals surface area contributed by atoms with Crippen LogP contribution in [-0.2, 0) is 6.42 Å². The lowest BCUT2D eigenvalue weighted by Crippen LogP contribution is -2.27. The highest BCUT2D eigenvalue weighted by Gasteiger charge is 2.17. The van der Waals surface area contributed by atoms with Crippen LogP contribution in [0.3, 0.4) is 0 Å². The molecule has 0 spiro atoms. The topological polar surface area (TPSA) is 40.5 Å². The lowest BCUT2D eigenvalue weighted by Gasteiger charge is -2.17. The van der Waals surface area contributed by atoms with Crippen LogP contribution in [0, 0.1) is 0 Å². The first-order valence-corrected chi connectivity index (χ1v) is 6.10. The van der Waals surface area contributed by atoms with Crippen LogP contribution in [0.25, 0.3) is 0 Å². The number of hydrogen-bond acceptors (Lipinski definition) is 2. The second-order valence-corrected chi connectivity index (χ2v) is 4.71. The standard InChI is InChI=1S/C12H16Cl2O2/c1-2-3-11(15)12(16)6-8-4-5-9(13)7-10(8)14/h4-5,7,11-12,15-16H,2-3,6H2,1H3. The van der Waals surface area contributed by atoms with Gasteiger partial charge in [0, 0.05) is 16.5 Å². The van der Waals surface area contributed by atoms with Gasteiger partial charge in [-0.15, -0.1) is 0 Å². The van der Waals surface area contributed by atoms with Gasteiger partial charge in [-0.25, -0.2) is 0 Å². The minimum Gasteiger partial charge on any atom is -0.390 e. The van der Waals surface area contributed by atoms with Crippen molar-refractivity contribution in [2.45, 2.75) is 38.4 Å². The van der Waals surface area contributed by atoms with Crippen LogP contribution in [0.15, 0.2) is 18.2 Å². The van der Waals surface area contributed by atoms with Crippen LogP contribution in [0.1, 0.15) is 25.3 Å². The molecule has 90 valence electrons. The molecular weight excluding hydrogens is 247 g/mol. The molecule has 2 N–H and O–H groups in total. The summed E-state index contributed by atoms with van der Waals surface area (Å²) in [5.41, 5.74) is 0.800. The Bertz CT molecular complexity index is 342. The SMILES string of the molecule is CCCC(O)C(O)Cc1ccc(Cl)cc1Cl. The van der Waals surface area contributed by atoms with E-state index in [1.807, 2.05) is 6.92 Å². The molecule has 0 saturated heterocycles. The largest absolute Gasteiger partial charge is 0.390 e. The molecule has 1 rings (SSSR count). The number of aliphatic hydroxyl groups excluding tert-OH is 2. The van der Waals surface area contributed by atoms with Gasteiger partial charge >= 0.3 is 0 Å². The first kappa shape index (κ1) is 13.8. The highest BCUT2D eigenvalue weighted by molar-refractivity contribution is 6.35. The Hall–Kier alpha value is -0.280. The number of benzene rings is 1. The predicted octanol–water partition coefficient (Wildman–Crippen LogP) is 3.06. The molecule has 0 saturated carbocycles. The van der Waals surface area contributed by atoms with E-state index in [1.165, 1.54) is 0 Å². The molecule has 0 aliphatic carbocycles. The van der Waals surface area contributed by atoms with E-state index >= 15 is 0 Å². The normalized spacial score (nSPS) is 14.8. The van der Waals surface area contributed by atoms with Crippen molar-refractivity contribution >= 4 is 23.2 Å². The summed E-state index contributed by atoms with van der Waals surface area (Å²) in [6.07, 6.45) is 0.297. The molecule has 0 aliphatic rings. The highest BCUT2D eigenvalue weighted by atomic mass is 35.5. The predicted molar refractivity (Wildman–Crippen MR) is 67.1 cm³/mol. The molecule has 0 aliphatic heterocycles. The molecule has 2 unspecified atom stereocenters. The van der Waals surface area contributed by atoms with Gasteiger partial charge in [0.25, 0.3) is 0 Å². The monoisotopic (exact) mass is 262 g/mol. The Morgan fingerprint density at radius 3 is 2.44 bits per heavy atom. The van der Waals surface area contributed by atoms with Crippen molar-refractivity contribution in [3.63, 3.8) is 0 Å². The molecular formula is C12H16Cl2O2. The lowest BCUT2D eigenvalue weighted by atomic mass is 10.0. The third kappa shape index (κ3) is 3.95. The van der Waals surface area contributed by atoms with Gasteiger partial charge in [0.2, 0.25) is 0 Å². The fraction of sp³-hybridized carbons (Fsp3) is 0.500. The quantitative estimate of drug-likeness (QED) is 0.857. The molecule has 4 heteroatoms. The average molecular weight is 263 g/mol. The summed E-state index contributed by atoms with van der Waals surface area (Å²) in [6, 6.07) is 5.13. The van der Waals surface area contributed by atoms with Gasteiger partial charge in [-0.05, 0) is 24.1 Å². The van der Waals surface area contributed by atoms with E-state index in [0.717, 1.165) is 12.0 Å². The molecule has 0 radical (unpaired) electrons. The van der Waals surface area contributed by atoms with E-state index in [-0.39, 0.29) is 0 Å². The molecule has 0 aromatic heterocycles. The minimum absolute atomic E-state index is 0.344. The van der Waals surface area contributed by atoms with Crippen molar-refractivity contribution in [1.29, 1.82) is 0 Å². The van der Waals surface area contributed by atoms with Gasteiger partial charge in [0.1, 0.15) is 0 Å².